The third-order valence-electron chi connectivity index (χ3n) is 2.26. The Kier molecular flexibility index (Phi) is 10.7. The van der Waals surface area contributed by atoms with Crippen LogP contribution in [-0.2, 0) is 9.53 Å². The smallest absolute Gasteiger partial charge is 0.330 e. The molecular formula is C13H24O2. The maximum atomic E-state index is 10.9. The van der Waals surface area contributed by atoms with E-state index in [9.17, 15) is 4.79 Å². The van der Waals surface area contributed by atoms with Crippen LogP contribution in [0.15, 0.2) is 12.2 Å². The van der Waals surface area contributed by atoms with Gasteiger partial charge < -0.3 is 4.74 Å². The van der Waals surface area contributed by atoms with E-state index < -0.39 is 0 Å². The predicted molar refractivity (Wildman–Crippen MR) is 63.8 cm³/mol. The number of rotatable bonds is 9. The fourth-order valence-corrected chi connectivity index (χ4v) is 1.41. The molecule has 0 N–H and O–H groups in total. The Morgan fingerprint density at radius 3 is 2.40 bits per heavy atom. The van der Waals surface area contributed by atoms with Gasteiger partial charge in [-0.15, -0.1) is 0 Å². The Balaban J connectivity index is 3.19. The van der Waals surface area contributed by atoms with Gasteiger partial charge in [-0.2, -0.15) is 0 Å². The molecule has 2 nitrogen and oxygen atoms in total. The van der Waals surface area contributed by atoms with E-state index in [-0.39, 0.29) is 5.97 Å². The first-order chi connectivity index (χ1) is 7.31. The van der Waals surface area contributed by atoms with Crippen molar-refractivity contribution in [1.29, 1.82) is 0 Å². The Bertz CT molecular complexity index is 173. The number of hydrogen-bond acceptors (Lipinski definition) is 2. The van der Waals surface area contributed by atoms with E-state index >= 15 is 0 Å². The lowest BCUT2D eigenvalue weighted by Crippen LogP contribution is -1.98. The van der Waals surface area contributed by atoms with Crippen LogP contribution < -0.4 is 0 Å². The van der Waals surface area contributed by atoms with Gasteiger partial charge in [0.2, 0.25) is 0 Å². The van der Waals surface area contributed by atoms with Crippen LogP contribution in [0.4, 0.5) is 0 Å². The average molecular weight is 212 g/mol. The third-order valence-corrected chi connectivity index (χ3v) is 2.26. The first kappa shape index (κ1) is 14.2. The zero-order valence-corrected chi connectivity index (χ0v) is 10.1. The van der Waals surface area contributed by atoms with Crippen LogP contribution >= 0.6 is 0 Å². The normalized spacial score (nSPS) is 10.8. The summed E-state index contributed by atoms with van der Waals surface area (Å²) in [5.41, 5.74) is 0. The minimum atomic E-state index is -0.219. The highest BCUT2D eigenvalue weighted by atomic mass is 16.5. The summed E-state index contributed by atoms with van der Waals surface area (Å²) >= 11 is 0. The molecule has 88 valence electrons. The Morgan fingerprint density at radius 2 is 1.73 bits per heavy atom. The van der Waals surface area contributed by atoms with E-state index in [1.54, 1.807) is 0 Å². The summed E-state index contributed by atoms with van der Waals surface area (Å²) in [6, 6.07) is 0. The van der Waals surface area contributed by atoms with E-state index in [4.69, 9.17) is 4.74 Å². The molecule has 0 aliphatic heterocycles. The van der Waals surface area contributed by atoms with Gasteiger partial charge in [-0.3, -0.25) is 0 Å². The van der Waals surface area contributed by atoms with Crippen molar-refractivity contribution in [3.05, 3.63) is 12.2 Å². The molecule has 0 aromatic rings. The maximum absolute atomic E-state index is 10.9. The number of allylic oxidation sites excluding steroid dienone is 1. The number of unbranched alkanes of at least 4 members (excludes halogenated alkanes) is 6. The number of carbonyl (C=O) groups is 1. The van der Waals surface area contributed by atoms with Crippen LogP contribution in [-0.4, -0.2) is 12.6 Å². The zero-order chi connectivity index (χ0) is 11.4. The summed E-state index contributed by atoms with van der Waals surface area (Å²) in [5.74, 6) is -0.219. The van der Waals surface area contributed by atoms with Crippen LogP contribution in [0.5, 0.6) is 0 Å². The lowest BCUT2D eigenvalue weighted by Gasteiger charge is -1.97. The van der Waals surface area contributed by atoms with Crippen LogP contribution in [0.25, 0.3) is 0 Å². The van der Waals surface area contributed by atoms with Gasteiger partial charge in [0.05, 0.1) is 6.61 Å². The molecule has 0 atom stereocenters. The largest absolute Gasteiger partial charge is 0.463 e. The first-order valence-electron chi connectivity index (χ1n) is 6.14. The van der Waals surface area contributed by atoms with Gasteiger partial charge >= 0.3 is 5.97 Å². The van der Waals surface area contributed by atoms with Gasteiger partial charge in [-0.05, 0) is 19.8 Å². The Labute approximate surface area is 93.7 Å². The fraction of sp³-hybridized carbons (Fsp3) is 0.769. The Morgan fingerprint density at radius 1 is 1.07 bits per heavy atom. The number of carbonyl (C=O) groups excluding carboxylic acids is 1. The highest BCUT2D eigenvalue weighted by molar-refractivity contribution is 5.81. The molecule has 0 saturated carbocycles. The quantitative estimate of drug-likeness (QED) is 0.329. The summed E-state index contributed by atoms with van der Waals surface area (Å²) in [4.78, 5) is 10.9. The number of ether oxygens (including phenoxy) is 1. The lowest BCUT2D eigenvalue weighted by molar-refractivity contribution is -0.137. The van der Waals surface area contributed by atoms with E-state index in [2.05, 4.69) is 6.92 Å². The molecule has 0 saturated heterocycles. The van der Waals surface area contributed by atoms with Crippen molar-refractivity contribution in [2.75, 3.05) is 6.61 Å². The molecule has 0 unspecified atom stereocenters. The summed E-state index contributed by atoms with van der Waals surface area (Å²) in [5, 5.41) is 0. The molecule has 15 heavy (non-hydrogen) atoms. The van der Waals surface area contributed by atoms with Crippen molar-refractivity contribution in [3.63, 3.8) is 0 Å². The fourth-order valence-electron chi connectivity index (χ4n) is 1.41. The van der Waals surface area contributed by atoms with Gasteiger partial charge in [0.25, 0.3) is 0 Å². The van der Waals surface area contributed by atoms with Gasteiger partial charge in [0.15, 0.2) is 0 Å². The third kappa shape index (κ3) is 11.1. The Hall–Kier alpha value is -0.790. The zero-order valence-electron chi connectivity index (χ0n) is 10.1. The molecule has 0 heterocycles. The van der Waals surface area contributed by atoms with E-state index in [1.807, 2.05) is 13.0 Å². The molecule has 0 aliphatic rings. The van der Waals surface area contributed by atoms with Crippen LogP contribution in [0.2, 0.25) is 0 Å². The minimum Gasteiger partial charge on any atom is -0.463 e. The second kappa shape index (κ2) is 11.3. The second-order valence-corrected chi connectivity index (χ2v) is 3.71. The van der Waals surface area contributed by atoms with Gasteiger partial charge in [0.1, 0.15) is 0 Å². The molecule has 0 bridgehead atoms. The molecule has 0 rings (SSSR count). The maximum Gasteiger partial charge on any atom is 0.330 e. The highest BCUT2D eigenvalue weighted by Gasteiger charge is 1.92. The molecule has 2 heteroatoms. The summed E-state index contributed by atoms with van der Waals surface area (Å²) < 4.78 is 4.78. The van der Waals surface area contributed by atoms with Crippen LogP contribution in [0, 0.1) is 0 Å². The molecule has 0 aromatic heterocycles. The van der Waals surface area contributed by atoms with Crippen molar-refractivity contribution >= 4 is 5.97 Å². The van der Waals surface area contributed by atoms with Crippen molar-refractivity contribution in [1.82, 2.24) is 0 Å². The lowest BCUT2D eigenvalue weighted by atomic mass is 10.1. The molecule has 0 aliphatic carbocycles. The van der Waals surface area contributed by atoms with Crippen molar-refractivity contribution in [3.8, 4) is 0 Å². The predicted octanol–water partition coefficient (Wildman–Crippen LogP) is 3.86. The van der Waals surface area contributed by atoms with E-state index in [0.717, 1.165) is 6.42 Å². The molecule has 0 aromatic carbocycles. The van der Waals surface area contributed by atoms with E-state index in [0.29, 0.717) is 6.61 Å². The van der Waals surface area contributed by atoms with Gasteiger partial charge in [0, 0.05) is 6.08 Å². The molecule has 0 amide bonds. The van der Waals surface area contributed by atoms with Gasteiger partial charge in [-0.1, -0.05) is 45.1 Å². The van der Waals surface area contributed by atoms with Crippen molar-refractivity contribution in [2.45, 2.75) is 58.8 Å². The molecule has 0 spiro atoms. The standard InChI is InChI=1S/C13H24O2/c1-3-5-6-7-8-9-10-11-12-13(14)15-4-2/h11-12H,3-10H2,1-2H3/b12-11+. The van der Waals surface area contributed by atoms with Gasteiger partial charge in [-0.25, -0.2) is 4.79 Å². The SMILES string of the molecule is CCCCCCCC/C=C/C(=O)OCC. The van der Waals surface area contributed by atoms with Crippen LogP contribution in [0.3, 0.4) is 0 Å². The summed E-state index contributed by atoms with van der Waals surface area (Å²) in [6.45, 7) is 4.50. The molecule has 0 fully saturated rings. The summed E-state index contributed by atoms with van der Waals surface area (Å²) in [7, 11) is 0. The van der Waals surface area contributed by atoms with E-state index in [1.165, 1.54) is 44.6 Å². The van der Waals surface area contributed by atoms with Crippen molar-refractivity contribution < 1.29 is 9.53 Å². The monoisotopic (exact) mass is 212 g/mol. The highest BCUT2D eigenvalue weighted by Crippen LogP contribution is 2.07. The molecular weight excluding hydrogens is 188 g/mol. The van der Waals surface area contributed by atoms with Crippen LogP contribution in [0.1, 0.15) is 58.8 Å². The second-order valence-electron chi connectivity index (χ2n) is 3.71. The first-order valence-corrected chi connectivity index (χ1v) is 6.14. The summed E-state index contributed by atoms with van der Waals surface area (Å²) in [6.07, 6.45) is 12.2. The number of esters is 1. The topological polar surface area (TPSA) is 26.3 Å². The number of hydrogen-bond donors (Lipinski definition) is 0. The van der Waals surface area contributed by atoms with Crippen molar-refractivity contribution in [2.24, 2.45) is 0 Å². The minimum absolute atomic E-state index is 0.219. The average Bonchev–Trinajstić information content (AvgIpc) is 2.22. The molecule has 0 radical (unpaired) electrons.